The predicted molar refractivity (Wildman–Crippen MR) is 77.1 cm³/mol. The van der Waals surface area contributed by atoms with Crippen LogP contribution in [0.2, 0.25) is 0 Å². The zero-order chi connectivity index (χ0) is 13.8. The number of nitrogens with zero attached hydrogens (tertiary/aromatic N) is 2. The molecule has 0 aliphatic rings. The summed E-state index contributed by atoms with van der Waals surface area (Å²) >= 11 is 3.37. The second-order valence-electron chi connectivity index (χ2n) is 4.26. The van der Waals surface area contributed by atoms with Crippen molar-refractivity contribution in [1.82, 2.24) is 4.57 Å². The Hall–Kier alpha value is -1.66. The minimum Gasteiger partial charge on any atom is -0.350 e. The van der Waals surface area contributed by atoms with Gasteiger partial charge < -0.3 is 10.3 Å². The third kappa shape index (κ3) is 3.42. The summed E-state index contributed by atoms with van der Waals surface area (Å²) in [6.45, 7) is 1.30. The Bertz CT molecular complexity index is 595. The number of aromatic nitrogens is 1. The molecule has 0 saturated heterocycles. The van der Waals surface area contributed by atoms with Gasteiger partial charge in [-0.2, -0.15) is 0 Å². The molecule has 0 fully saturated rings. The zero-order valence-electron chi connectivity index (χ0n) is 10.3. The number of hydrogen-bond donors (Lipinski definition) is 1. The van der Waals surface area contributed by atoms with E-state index in [1.165, 1.54) is 17.7 Å². The maximum atomic E-state index is 10.7. The summed E-state index contributed by atoms with van der Waals surface area (Å²) in [6, 6.07) is 6.85. The fourth-order valence-electron chi connectivity index (χ4n) is 1.88. The Morgan fingerprint density at radius 3 is 2.79 bits per heavy atom. The van der Waals surface area contributed by atoms with Crippen LogP contribution in [0, 0.1) is 10.1 Å². The molecule has 0 atom stereocenters. The zero-order valence-corrected chi connectivity index (χ0v) is 11.8. The largest absolute Gasteiger partial charge is 0.350 e. The number of rotatable bonds is 5. The van der Waals surface area contributed by atoms with Gasteiger partial charge in [0, 0.05) is 35.5 Å². The van der Waals surface area contributed by atoms with Gasteiger partial charge in [-0.15, -0.1) is 0 Å². The monoisotopic (exact) mass is 323 g/mol. The van der Waals surface area contributed by atoms with Gasteiger partial charge in [-0.05, 0) is 36.2 Å². The smallest absolute Gasteiger partial charge is 0.270 e. The van der Waals surface area contributed by atoms with E-state index in [0.717, 1.165) is 16.5 Å². The van der Waals surface area contributed by atoms with Crippen molar-refractivity contribution in [2.45, 2.75) is 13.0 Å². The molecule has 0 amide bonds. The molecule has 1 aromatic heterocycles. The lowest BCUT2D eigenvalue weighted by molar-refractivity contribution is -0.384. The summed E-state index contributed by atoms with van der Waals surface area (Å²) in [5.74, 6) is 0. The van der Waals surface area contributed by atoms with Crippen LogP contribution in [0.1, 0.15) is 11.1 Å². The third-order valence-electron chi connectivity index (χ3n) is 2.85. The summed E-state index contributed by atoms with van der Waals surface area (Å²) in [6.07, 6.45) is 4.88. The van der Waals surface area contributed by atoms with Crippen LogP contribution in [0.5, 0.6) is 0 Å². The van der Waals surface area contributed by atoms with E-state index in [1.807, 2.05) is 23.0 Å². The summed E-state index contributed by atoms with van der Waals surface area (Å²) in [5, 5.41) is 10.7. The van der Waals surface area contributed by atoms with E-state index in [4.69, 9.17) is 5.73 Å². The summed E-state index contributed by atoms with van der Waals surface area (Å²) < 4.78 is 2.78. The van der Waals surface area contributed by atoms with Crippen LogP contribution in [-0.2, 0) is 13.0 Å². The van der Waals surface area contributed by atoms with Crippen molar-refractivity contribution in [3.05, 3.63) is 62.4 Å². The maximum Gasteiger partial charge on any atom is 0.270 e. The molecular formula is C13H14BrN3O2. The van der Waals surface area contributed by atoms with E-state index in [1.54, 1.807) is 6.07 Å². The average Bonchev–Trinajstić information content (AvgIpc) is 2.79. The lowest BCUT2D eigenvalue weighted by Crippen LogP contribution is -2.02. The molecule has 2 rings (SSSR count). The normalized spacial score (nSPS) is 10.6. The van der Waals surface area contributed by atoms with Gasteiger partial charge in [0.05, 0.1) is 4.92 Å². The number of halogens is 1. The van der Waals surface area contributed by atoms with Crippen molar-refractivity contribution in [3.63, 3.8) is 0 Å². The third-order valence-corrected chi connectivity index (χ3v) is 3.58. The highest BCUT2D eigenvalue weighted by Gasteiger charge is 2.09. The number of non-ortho nitro benzene ring substituents is 1. The SMILES string of the molecule is NCCc1ccn(Cc2ccc([N+](=O)[O-])cc2Br)c1. The molecule has 100 valence electrons. The molecule has 1 aromatic carbocycles. The van der Waals surface area contributed by atoms with Crippen molar-refractivity contribution in [1.29, 1.82) is 0 Å². The highest BCUT2D eigenvalue weighted by atomic mass is 79.9. The molecule has 0 unspecified atom stereocenters. The standard InChI is InChI=1S/C13H14BrN3O2/c14-13-7-12(17(18)19)2-1-11(13)9-16-6-4-10(8-16)3-5-15/h1-2,4,6-8H,3,5,9,15H2. The first-order valence-corrected chi connectivity index (χ1v) is 6.67. The highest BCUT2D eigenvalue weighted by molar-refractivity contribution is 9.10. The van der Waals surface area contributed by atoms with Crippen LogP contribution in [-0.4, -0.2) is 16.0 Å². The molecule has 0 saturated carbocycles. The van der Waals surface area contributed by atoms with Crippen LogP contribution >= 0.6 is 15.9 Å². The van der Waals surface area contributed by atoms with E-state index in [2.05, 4.69) is 15.9 Å². The van der Waals surface area contributed by atoms with Gasteiger partial charge in [0.2, 0.25) is 0 Å². The van der Waals surface area contributed by atoms with Gasteiger partial charge >= 0.3 is 0 Å². The first-order valence-electron chi connectivity index (χ1n) is 5.87. The molecule has 0 spiro atoms. The molecule has 1 heterocycles. The topological polar surface area (TPSA) is 74.1 Å². The Balaban J connectivity index is 2.16. The van der Waals surface area contributed by atoms with Gasteiger partial charge in [0.1, 0.15) is 0 Å². The van der Waals surface area contributed by atoms with Crippen LogP contribution in [0.3, 0.4) is 0 Å². The van der Waals surface area contributed by atoms with Crippen molar-refractivity contribution >= 4 is 21.6 Å². The number of nitro groups is 1. The lowest BCUT2D eigenvalue weighted by atomic mass is 10.2. The van der Waals surface area contributed by atoms with Gasteiger partial charge in [-0.25, -0.2) is 0 Å². The molecule has 0 bridgehead atoms. The molecule has 0 radical (unpaired) electrons. The van der Waals surface area contributed by atoms with E-state index >= 15 is 0 Å². The van der Waals surface area contributed by atoms with Crippen LogP contribution in [0.15, 0.2) is 41.1 Å². The molecule has 0 aliphatic heterocycles. The predicted octanol–water partition coefficient (Wildman–Crippen LogP) is 2.71. The average molecular weight is 324 g/mol. The molecule has 2 N–H and O–H groups in total. The van der Waals surface area contributed by atoms with Gasteiger partial charge in [-0.1, -0.05) is 15.9 Å². The quantitative estimate of drug-likeness (QED) is 0.679. The number of nitrogens with two attached hydrogens (primary N) is 1. The lowest BCUT2D eigenvalue weighted by Gasteiger charge is -2.06. The van der Waals surface area contributed by atoms with Crippen molar-refractivity contribution < 1.29 is 4.92 Å². The fourth-order valence-corrected chi connectivity index (χ4v) is 2.37. The highest BCUT2D eigenvalue weighted by Crippen LogP contribution is 2.23. The van der Waals surface area contributed by atoms with E-state index in [0.29, 0.717) is 13.1 Å². The van der Waals surface area contributed by atoms with Gasteiger partial charge in [0.25, 0.3) is 5.69 Å². The minimum atomic E-state index is -0.399. The first-order chi connectivity index (χ1) is 9.10. The van der Waals surface area contributed by atoms with Gasteiger partial charge in [0.15, 0.2) is 0 Å². The van der Waals surface area contributed by atoms with Crippen molar-refractivity contribution in [2.24, 2.45) is 5.73 Å². The van der Waals surface area contributed by atoms with Crippen LogP contribution in [0.25, 0.3) is 0 Å². The Kier molecular flexibility index (Phi) is 4.34. The number of nitro benzene ring substituents is 1. The van der Waals surface area contributed by atoms with Crippen LogP contribution < -0.4 is 5.73 Å². The molecule has 5 nitrogen and oxygen atoms in total. The summed E-state index contributed by atoms with van der Waals surface area (Å²) in [5.41, 5.74) is 7.80. The van der Waals surface area contributed by atoms with E-state index in [9.17, 15) is 10.1 Å². The molecule has 6 heteroatoms. The van der Waals surface area contributed by atoms with Crippen molar-refractivity contribution in [3.8, 4) is 0 Å². The van der Waals surface area contributed by atoms with E-state index < -0.39 is 4.92 Å². The minimum absolute atomic E-state index is 0.0898. The fraction of sp³-hybridized carbons (Fsp3) is 0.231. The Labute approximate surface area is 119 Å². The molecule has 19 heavy (non-hydrogen) atoms. The second-order valence-corrected chi connectivity index (χ2v) is 5.12. The van der Waals surface area contributed by atoms with E-state index in [-0.39, 0.29) is 5.69 Å². The molecule has 2 aromatic rings. The second kappa shape index (κ2) is 5.99. The summed E-state index contributed by atoms with van der Waals surface area (Å²) in [7, 11) is 0. The van der Waals surface area contributed by atoms with Crippen molar-refractivity contribution in [2.75, 3.05) is 6.54 Å². The Morgan fingerprint density at radius 1 is 1.37 bits per heavy atom. The molecular weight excluding hydrogens is 310 g/mol. The summed E-state index contributed by atoms with van der Waals surface area (Å²) in [4.78, 5) is 10.3. The number of hydrogen-bond acceptors (Lipinski definition) is 3. The maximum absolute atomic E-state index is 10.7. The first kappa shape index (κ1) is 13.8. The number of benzene rings is 1. The van der Waals surface area contributed by atoms with Crippen LogP contribution in [0.4, 0.5) is 5.69 Å². The Morgan fingerprint density at radius 2 is 2.16 bits per heavy atom. The van der Waals surface area contributed by atoms with Gasteiger partial charge in [-0.3, -0.25) is 10.1 Å². The molecule has 0 aliphatic carbocycles.